The first-order valence-corrected chi connectivity index (χ1v) is 10.5. The normalized spacial score (nSPS) is 10.6. The highest BCUT2D eigenvalue weighted by atomic mass is 32.2. The van der Waals surface area contributed by atoms with Gasteiger partial charge in [-0.15, -0.1) is 10.2 Å². The predicted molar refractivity (Wildman–Crippen MR) is 119 cm³/mol. The summed E-state index contributed by atoms with van der Waals surface area (Å²) in [5.74, 6) is 1.06. The minimum Gasteiger partial charge on any atom is -0.494 e. The fourth-order valence-corrected chi connectivity index (χ4v) is 3.75. The van der Waals surface area contributed by atoms with Gasteiger partial charge in [0.15, 0.2) is 0 Å². The van der Waals surface area contributed by atoms with E-state index in [1.54, 1.807) is 0 Å². The number of ether oxygens (including phenoxy) is 1. The Labute approximate surface area is 175 Å². The highest BCUT2D eigenvalue weighted by Gasteiger charge is 2.10. The molecule has 0 aliphatic heterocycles. The molecule has 0 bridgehead atoms. The van der Waals surface area contributed by atoms with Crippen molar-refractivity contribution in [2.24, 2.45) is 0 Å². The zero-order valence-corrected chi connectivity index (χ0v) is 18.0. The smallest absolute Gasteiger partial charge is 0.234 e. The molecule has 1 aromatic heterocycles. The molecule has 0 atom stereocenters. The van der Waals surface area contributed by atoms with Crippen molar-refractivity contribution in [3.8, 4) is 17.0 Å². The van der Waals surface area contributed by atoms with Crippen molar-refractivity contribution in [1.82, 2.24) is 10.2 Å². The zero-order chi connectivity index (χ0) is 20.8. The molecule has 29 heavy (non-hydrogen) atoms. The van der Waals surface area contributed by atoms with Crippen molar-refractivity contribution in [3.05, 3.63) is 65.2 Å². The fourth-order valence-electron chi connectivity index (χ4n) is 3.13. The molecule has 2 aromatic carbocycles. The quantitative estimate of drug-likeness (QED) is 0.546. The molecule has 0 saturated heterocycles. The number of carbonyl (C=O) groups excluding carboxylic acids is 1. The Morgan fingerprint density at radius 1 is 1.00 bits per heavy atom. The van der Waals surface area contributed by atoms with E-state index in [1.165, 1.54) is 17.3 Å². The molecule has 5 nitrogen and oxygen atoms in total. The van der Waals surface area contributed by atoms with E-state index in [4.69, 9.17) is 4.74 Å². The molecule has 3 rings (SSSR count). The van der Waals surface area contributed by atoms with E-state index in [-0.39, 0.29) is 11.7 Å². The van der Waals surface area contributed by atoms with Crippen molar-refractivity contribution in [2.45, 2.75) is 32.7 Å². The minimum absolute atomic E-state index is 0.0533. The van der Waals surface area contributed by atoms with Crippen molar-refractivity contribution >= 4 is 23.4 Å². The van der Waals surface area contributed by atoms with E-state index >= 15 is 0 Å². The fraction of sp³-hybridized carbons (Fsp3) is 0.261. The largest absolute Gasteiger partial charge is 0.494 e. The summed E-state index contributed by atoms with van der Waals surface area (Å²) in [5, 5.41) is 12.2. The van der Waals surface area contributed by atoms with Gasteiger partial charge < -0.3 is 10.1 Å². The molecule has 0 unspecified atom stereocenters. The SMILES string of the molecule is CCOc1ccc(-c2ccc(SCC(=O)Nc3c(C)cc(C)cc3C)nn2)cc1. The highest BCUT2D eigenvalue weighted by molar-refractivity contribution is 7.99. The Morgan fingerprint density at radius 2 is 1.69 bits per heavy atom. The first kappa shape index (κ1) is 20.9. The maximum Gasteiger partial charge on any atom is 0.234 e. The van der Waals surface area contributed by atoms with Gasteiger partial charge in [0.05, 0.1) is 18.1 Å². The third-order valence-corrected chi connectivity index (χ3v) is 5.31. The van der Waals surface area contributed by atoms with Crippen LogP contribution in [-0.2, 0) is 4.79 Å². The molecule has 0 aliphatic carbocycles. The van der Waals surface area contributed by atoms with Crippen molar-refractivity contribution in [2.75, 3.05) is 17.7 Å². The van der Waals surface area contributed by atoms with Crippen LogP contribution in [0, 0.1) is 20.8 Å². The number of nitrogens with zero attached hydrogens (tertiary/aromatic N) is 2. The van der Waals surface area contributed by atoms with Gasteiger partial charge in [0.2, 0.25) is 5.91 Å². The second-order valence-electron chi connectivity index (χ2n) is 6.82. The molecule has 0 aliphatic rings. The predicted octanol–water partition coefficient (Wildman–Crippen LogP) is 5.20. The number of aromatic nitrogens is 2. The lowest BCUT2D eigenvalue weighted by Crippen LogP contribution is -2.16. The second kappa shape index (κ2) is 9.56. The van der Waals surface area contributed by atoms with Gasteiger partial charge in [0.1, 0.15) is 10.8 Å². The molecular weight excluding hydrogens is 382 g/mol. The molecule has 6 heteroatoms. The lowest BCUT2D eigenvalue weighted by Gasteiger charge is -2.12. The summed E-state index contributed by atoms with van der Waals surface area (Å²) < 4.78 is 5.46. The summed E-state index contributed by atoms with van der Waals surface area (Å²) in [6.45, 7) is 8.67. The summed E-state index contributed by atoms with van der Waals surface area (Å²) in [6.07, 6.45) is 0. The van der Waals surface area contributed by atoms with E-state index in [9.17, 15) is 4.79 Å². The summed E-state index contributed by atoms with van der Waals surface area (Å²) in [5.41, 5.74) is 5.97. The first-order chi connectivity index (χ1) is 14.0. The summed E-state index contributed by atoms with van der Waals surface area (Å²) in [6, 6.07) is 15.7. The summed E-state index contributed by atoms with van der Waals surface area (Å²) in [7, 11) is 0. The van der Waals surface area contributed by atoms with Crippen LogP contribution in [0.5, 0.6) is 5.75 Å². The van der Waals surface area contributed by atoms with E-state index in [0.29, 0.717) is 11.6 Å². The van der Waals surface area contributed by atoms with Gasteiger partial charge in [0.25, 0.3) is 0 Å². The molecule has 0 spiro atoms. The van der Waals surface area contributed by atoms with Crippen molar-refractivity contribution in [1.29, 1.82) is 0 Å². The van der Waals surface area contributed by atoms with Gasteiger partial charge in [-0.25, -0.2) is 0 Å². The average Bonchev–Trinajstić information content (AvgIpc) is 2.70. The van der Waals surface area contributed by atoms with Crippen LogP contribution >= 0.6 is 11.8 Å². The number of benzene rings is 2. The number of hydrogen-bond acceptors (Lipinski definition) is 5. The van der Waals surface area contributed by atoms with Gasteiger partial charge in [-0.2, -0.15) is 0 Å². The number of hydrogen-bond donors (Lipinski definition) is 1. The molecular formula is C23H25N3O2S. The number of amides is 1. The lowest BCUT2D eigenvalue weighted by molar-refractivity contribution is -0.113. The summed E-state index contributed by atoms with van der Waals surface area (Å²) in [4.78, 5) is 12.4. The Morgan fingerprint density at radius 3 is 2.28 bits per heavy atom. The highest BCUT2D eigenvalue weighted by Crippen LogP contribution is 2.24. The van der Waals surface area contributed by atoms with Crippen LogP contribution in [0.2, 0.25) is 0 Å². The number of thioether (sulfide) groups is 1. The average molecular weight is 408 g/mol. The van der Waals surface area contributed by atoms with Crippen LogP contribution in [-0.4, -0.2) is 28.5 Å². The Bertz CT molecular complexity index is 963. The maximum atomic E-state index is 12.4. The molecule has 0 saturated carbocycles. The second-order valence-corrected chi connectivity index (χ2v) is 7.82. The number of anilines is 1. The van der Waals surface area contributed by atoms with E-state index in [1.807, 2.05) is 57.2 Å². The van der Waals surface area contributed by atoms with Crippen LogP contribution in [0.1, 0.15) is 23.6 Å². The number of aryl methyl sites for hydroxylation is 3. The lowest BCUT2D eigenvalue weighted by atomic mass is 10.1. The molecule has 0 radical (unpaired) electrons. The van der Waals surface area contributed by atoms with Gasteiger partial charge in [-0.3, -0.25) is 4.79 Å². The molecule has 3 aromatic rings. The van der Waals surface area contributed by atoms with Crippen LogP contribution in [0.4, 0.5) is 5.69 Å². The standard InChI is InChI=1S/C23H25N3O2S/c1-5-28-19-8-6-18(7-9-19)20-10-11-22(26-25-20)29-14-21(27)24-23-16(3)12-15(2)13-17(23)4/h6-13H,5,14H2,1-4H3,(H,24,27). The first-order valence-electron chi connectivity index (χ1n) is 9.53. The van der Waals surface area contributed by atoms with Crippen LogP contribution in [0.3, 0.4) is 0 Å². The van der Waals surface area contributed by atoms with Crippen molar-refractivity contribution in [3.63, 3.8) is 0 Å². The monoisotopic (exact) mass is 407 g/mol. The molecule has 1 N–H and O–H groups in total. The van der Waals surface area contributed by atoms with Gasteiger partial charge in [-0.05, 0) is 75.2 Å². The Hall–Kier alpha value is -2.86. The van der Waals surface area contributed by atoms with Crippen LogP contribution in [0.15, 0.2) is 53.6 Å². The minimum atomic E-state index is -0.0533. The Kier molecular flexibility index (Phi) is 6.88. The van der Waals surface area contributed by atoms with E-state index in [0.717, 1.165) is 33.8 Å². The Balaban J connectivity index is 1.58. The van der Waals surface area contributed by atoms with E-state index in [2.05, 4.69) is 34.6 Å². The van der Waals surface area contributed by atoms with E-state index < -0.39 is 0 Å². The van der Waals surface area contributed by atoms with Gasteiger partial charge in [-0.1, -0.05) is 29.5 Å². The summed E-state index contributed by atoms with van der Waals surface area (Å²) >= 11 is 1.37. The third-order valence-electron chi connectivity index (χ3n) is 4.39. The molecule has 0 fully saturated rings. The number of nitrogens with one attached hydrogen (secondary N) is 1. The third kappa shape index (κ3) is 5.57. The van der Waals surface area contributed by atoms with Gasteiger partial charge >= 0.3 is 0 Å². The zero-order valence-electron chi connectivity index (χ0n) is 17.2. The van der Waals surface area contributed by atoms with Crippen LogP contribution in [0.25, 0.3) is 11.3 Å². The van der Waals surface area contributed by atoms with Crippen molar-refractivity contribution < 1.29 is 9.53 Å². The topological polar surface area (TPSA) is 64.1 Å². The number of rotatable bonds is 7. The molecule has 1 amide bonds. The van der Waals surface area contributed by atoms with Crippen LogP contribution < -0.4 is 10.1 Å². The molecule has 1 heterocycles. The molecule has 150 valence electrons. The van der Waals surface area contributed by atoms with Gasteiger partial charge in [0, 0.05) is 11.3 Å². The number of carbonyl (C=O) groups is 1. The maximum absolute atomic E-state index is 12.4.